The fraction of sp³-hybridized carbons (Fsp3) is 0.455. The van der Waals surface area contributed by atoms with Crippen molar-refractivity contribution in [2.45, 2.75) is 6.04 Å². The van der Waals surface area contributed by atoms with Crippen LogP contribution in [0.3, 0.4) is 0 Å². The highest BCUT2D eigenvalue weighted by Crippen LogP contribution is 2.33. The Morgan fingerprint density at radius 2 is 2.12 bits per heavy atom. The lowest BCUT2D eigenvalue weighted by molar-refractivity contribution is 0.174. The highest BCUT2D eigenvalue weighted by Gasteiger charge is 2.17. The molecule has 1 aliphatic heterocycles. The molecule has 1 atom stereocenters. The van der Waals surface area contributed by atoms with Crippen LogP contribution in [-0.2, 0) is 0 Å². The first-order valence-electron chi connectivity index (χ1n) is 5.24. The lowest BCUT2D eigenvalue weighted by Gasteiger charge is -2.22. The van der Waals surface area contributed by atoms with Crippen LogP contribution in [0.4, 0.5) is 0 Å². The standard InChI is InChI=1S/C11H17N3O2/c1-14(2)13-9(6-12)8-3-4-10-11(5-8)16-7-15-10/h3-5,9,13H,6-7,12H2,1-2H3. The van der Waals surface area contributed by atoms with E-state index in [1.54, 1.807) is 0 Å². The van der Waals surface area contributed by atoms with Crippen molar-refractivity contribution >= 4 is 0 Å². The lowest BCUT2D eigenvalue weighted by atomic mass is 10.1. The second kappa shape index (κ2) is 4.69. The van der Waals surface area contributed by atoms with Crippen LogP contribution in [0, 0.1) is 0 Å². The molecule has 0 aromatic heterocycles. The molecular weight excluding hydrogens is 206 g/mol. The summed E-state index contributed by atoms with van der Waals surface area (Å²) in [4.78, 5) is 0. The molecule has 1 aliphatic rings. The molecule has 5 heteroatoms. The van der Waals surface area contributed by atoms with Crippen molar-refractivity contribution in [2.24, 2.45) is 5.73 Å². The molecule has 16 heavy (non-hydrogen) atoms. The Balaban J connectivity index is 2.18. The van der Waals surface area contributed by atoms with Gasteiger partial charge < -0.3 is 15.2 Å². The number of hydrogen-bond acceptors (Lipinski definition) is 5. The third-order valence-electron chi connectivity index (χ3n) is 2.45. The predicted molar refractivity (Wildman–Crippen MR) is 61.2 cm³/mol. The summed E-state index contributed by atoms with van der Waals surface area (Å²) in [5.41, 5.74) is 10.1. The molecule has 88 valence electrons. The summed E-state index contributed by atoms with van der Waals surface area (Å²) < 4.78 is 10.6. The fourth-order valence-corrected chi connectivity index (χ4v) is 1.70. The number of hydrogen-bond donors (Lipinski definition) is 2. The van der Waals surface area contributed by atoms with Crippen LogP contribution in [0.5, 0.6) is 11.5 Å². The van der Waals surface area contributed by atoms with E-state index in [1.807, 2.05) is 37.3 Å². The second-order valence-electron chi connectivity index (χ2n) is 3.92. The average Bonchev–Trinajstić information content (AvgIpc) is 2.72. The van der Waals surface area contributed by atoms with Gasteiger partial charge in [-0.15, -0.1) is 0 Å². The zero-order valence-corrected chi connectivity index (χ0v) is 9.56. The minimum Gasteiger partial charge on any atom is -0.454 e. The first-order valence-corrected chi connectivity index (χ1v) is 5.24. The van der Waals surface area contributed by atoms with Crippen molar-refractivity contribution in [3.8, 4) is 11.5 Å². The van der Waals surface area contributed by atoms with E-state index >= 15 is 0 Å². The fourth-order valence-electron chi connectivity index (χ4n) is 1.70. The van der Waals surface area contributed by atoms with Gasteiger partial charge in [-0.05, 0) is 17.7 Å². The summed E-state index contributed by atoms with van der Waals surface area (Å²) in [6.45, 7) is 0.824. The van der Waals surface area contributed by atoms with E-state index in [0.29, 0.717) is 13.3 Å². The van der Waals surface area contributed by atoms with E-state index in [0.717, 1.165) is 17.1 Å². The maximum atomic E-state index is 5.74. The van der Waals surface area contributed by atoms with Gasteiger partial charge in [0.15, 0.2) is 11.5 Å². The Hall–Kier alpha value is -1.30. The van der Waals surface area contributed by atoms with E-state index in [1.165, 1.54) is 0 Å². The Labute approximate surface area is 95.1 Å². The highest BCUT2D eigenvalue weighted by atomic mass is 16.7. The molecule has 3 N–H and O–H groups in total. The van der Waals surface area contributed by atoms with Crippen LogP contribution in [0.1, 0.15) is 11.6 Å². The van der Waals surface area contributed by atoms with Gasteiger partial charge in [0, 0.05) is 20.6 Å². The number of rotatable bonds is 4. The topological polar surface area (TPSA) is 59.8 Å². The van der Waals surface area contributed by atoms with Crippen LogP contribution >= 0.6 is 0 Å². The minimum atomic E-state index is 0.0875. The smallest absolute Gasteiger partial charge is 0.231 e. The Morgan fingerprint density at radius 1 is 1.38 bits per heavy atom. The van der Waals surface area contributed by atoms with Crippen molar-refractivity contribution in [2.75, 3.05) is 27.4 Å². The molecule has 0 amide bonds. The van der Waals surface area contributed by atoms with E-state index < -0.39 is 0 Å². The maximum absolute atomic E-state index is 5.74. The van der Waals surface area contributed by atoms with Crippen molar-refractivity contribution in [3.63, 3.8) is 0 Å². The zero-order valence-electron chi connectivity index (χ0n) is 9.56. The molecule has 0 saturated carbocycles. The number of hydrazine groups is 1. The molecule has 0 spiro atoms. The van der Waals surface area contributed by atoms with E-state index in [-0.39, 0.29) is 6.04 Å². The predicted octanol–water partition coefficient (Wildman–Crippen LogP) is 0.481. The second-order valence-corrected chi connectivity index (χ2v) is 3.92. The molecule has 0 aliphatic carbocycles. The Bertz CT molecular complexity index is 368. The van der Waals surface area contributed by atoms with Gasteiger partial charge in [0.1, 0.15) is 0 Å². The van der Waals surface area contributed by atoms with Crippen molar-refractivity contribution in [3.05, 3.63) is 23.8 Å². The molecule has 0 saturated heterocycles. The summed E-state index contributed by atoms with van der Waals surface area (Å²) in [5, 5.41) is 1.89. The average molecular weight is 223 g/mol. The minimum absolute atomic E-state index is 0.0875. The number of ether oxygens (including phenoxy) is 2. The Morgan fingerprint density at radius 3 is 2.81 bits per heavy atom. The third-order valence-corrected chi connectivity index (χ3v) is 2.45. The van der Waals surface area contributed by atoms with E-state index in [2.05, 4.69) is 5.43 Å². The first kappa shape index (κ1) is 11.2. The normalized spacial score (nSPS) is 15.5. The summed E-state index contributed by atoms with van der Waals surface area (Å²) in [6.07, 6.45) is 0. The number of nitrogens with two attached hydrogens (primary N) is 1. The van der Waals surface area contributed by atoms with Gasteiger partial charge in [0.05, 0.1) is 6.04 Å². The third kappa shape index (κ3) is 2.27. The maximum Gasteiger partial charge on any atom is 0.231 e. The Kier molecular flexibility index (Phi) is 3.28. The zero-order chi connectivity index (χ0) is 11.5. The molecule has 0 fully saturated rings. The van der Waals surface area contributed by atoms with Gasteiger partial charge >= 0.3 is 0 Å². The molecule has 1 aromatic rings. The number of nitrogens with one attached hydrogen (secondary N) is 1. The quantitative estimate of drug-likeness (QED) is 0.727. The lowest BCUT2D eigenvalue weighted by Crippen LogP contribution is -2.37. The monoisotopic (exact) mass is 223 g/mol. The molecule has 1 heterocycles. The molecular formula is C11H17N3O2. The van der Waals surface area contributed by atoms with Crippen molar-refractivity contribution in [1.29, 1.82) is 0 Å². The molecule has 1 aromatic carbocycles. The highest BCUT2D eigenvalue weighted by molar-refractivity contribution is 5.45. The SMILES string of the molecule is CN(C)NC(CN)c1ccc2c(c1)OCO2. The molecule has 0 radical (unpaired) electrons. The number of benzene rings is 1. The number of nitrogens with zero attached hydrogens (tertiary/aromatic N) is 1. The molecule has 1 unspecified atom stereocenters. The van der Waals surface area contributed by atoms with Crippen LogP contribution in [0.25, 0.3) is 0 Å². The largest absolute Gasteiger partial charge is 0.454 e. The van der Waals surface area contributed by atoms with Crippen LogP contribution in [-0.4, -0.2) is 32.4 Å². The summed E-state index contributed by atoms with van der Waals surface area (Å²) in [6, 6.07) is 5.97. The number of fused-ring (bicyclic) bond motifs is 1. The summed E-state index contributed by atoms with van der Waals surface area (Å²) >= 11 is 0. The van der Waals surface area contributed by atoms with Crippen LogP contribution in [0.2, 0.25) is 0 Å². The van der Waals surface area contributed by atoms with Crippen LogP contribution in [0.15, 0.2) is 18.2 Å². The van der Waals surface area contributed by atoms with Crippen molar-refractivity contribution in [1.82, 2.24) is 10.4 Å². The van der Waals surface area contributed by atoms with E-state index in [9.17, 15) is 0 Å². The van der Waals surface area contributed by atoms with Gasteiger partial charge in [-0.25, -0.2) is 10.4 Å². The van der Waals surface area contributed by atoms with Crippen molar-refractivity contribution < 1.29 is 9.47 Å². The van der Waals surface area contributed by atoms with Gasteiger partial charge in [-0.1, -0.05) is 6.07 Å². The van der Waals surface area contributed by atoms with E-state index in [4.69, 9.17) is 15.2 Å². The van der Waals surface area contributed by atoms with Gasteiger partial charge in [-0.2, -0.15) is 0 Å². The first-order chi connectivity index (χ1) is 7.70. The van der Waals surface area contributed by atoms with Gasteiger partial charge in [0.2, 0.25) is 6.79 Å². The molecule has 2 rings (SSSR count). The summed E-state index contributed by atoms with van der Waals surface area (Å²) in [7, 11) is 3.88. The summed E-state index contributed by atoms with van der Waals surface area (Å²) in [5.74, 6) is 1.58. The van der Waals surface area contributed by atoms with Crippen LogP contribution < -0.4 is 20.6 Å². The molecule has 5 nitrogen and oxygen atoms in total. The molecule has 0 bridgehead atoms. The van der Waals surface area contributed by atoms with Gasteiger partial charge in [-0.3, -0.25) is 0 Å². The van der Waals surface area contributed by atoms with Gasteiger partial charge in [0.25, 0.3) is 0 Å².